The van der Waals surface area contributed by atoms with Crippen LogP contribution < -0.4 is 0 Å². The first kappa shape index (κ1) is 8.70. The highest BCUT2D eigenvalue weighted by molar-refractivity contribution is 5.88. The van der Waals surface area contributed by atoms with E-state index in [0.717, 1.165) is 12.8 Å². The largest absolute Gasteiger partial charge is 0.299 e. The molecule has 0 radical (unpaired) electrons. The maximum Gasteiger partial charge on any atom is 0.139 e. The van der Waals surface area contributed by atoms with Crippen molar-refractivity contribution in [2.24, 2.45) is 10.8 Å². The molecule has 1 heteroatoms. The van der Waals surface area contributed by atoms with Crippen LogP contribution in [-0.2, 0) is 4.79 Å². The van der Waals surface area contributed by atoms with E-state index in [1.165, 1.54) is 38.5 Å². The number of ketones is 1. The van der Waals surface area contributed by atoms with Gasteiger partial charge in [0.05, 0.1) is 0 Å². The fourth-order valence-electron chi connectivity index (χ4n) is 4.21. The van der Waals surface area contributed by atoms with Crippen molar-refractivity contribution in [3.63, 3.8) is 0 Å². The Labute approximate surface area is 85.6 Å². The second-order valence-corrected chi connectivity index (χ2v) is 5.37. The van der Waals surface area contributed by atoms with E-state index in [9.17, 15) is 4.79 Å². The molecule has 0 aromatic carbocycles. The van der Waals surface area contributed by atoms with Crippen molar-refractivity contribution in [3.8, 4) is 0 Å². The van der Waals surface area contributed by atoms with Crippen LogP contribution in [0.5, 0.6) is 0 Å². The number of carbonyl (C=O) groups excluding carboxylic acids is 1. The molecule has 0 aromatic rings. The SMILES string of the molecule is O=C1CC[C@]23CC=CC[C@]12CCCC3. The van der Waals surface area contributed by atoms with Crippen molar-refractivity contribution in [2.75, 3.05) is 0 Å². The van der Waals surface area contributed by atoms with Gasteiger partial charge in [-0.15, -0.1) is 0 Å². The summed E-state index contributed by atoms with van der Waals surface area (Å²) < 4.78 is 0. The lowest BCUT2D eigenvalue weighted by atomic mass is 9.53. The molecule has 0 saturated heterocycles. The smallest absolute Gasteiger partial charge is 0.139 e. The van der Waals surface area contributed by atoms with Crippen LogP contribution in [0.15, 0.2) is 12.2 Å². The van der Waals surface area contributed by atoms with Gasteiger partial charge in [-0.05, 0) is 37.5 Å². The van der Waals surface area contributed by atoms with E-state index in [2.05, 4.69) is 12.2 Å². The average molecular weight is 190 g/mol. The molecular weight excluding hydrogens is 172 g/mol. The molecular formula is C13H18O. The Balaban J connectivity index is 2.09. The molecule has 0 unspecified atom stereocenters. The summed E-state index contributed by atoms with van der Waals surface area (Å²) in [5.41, 5.74) is 0.497. The van der Waals surface area contributed by atoms with Crippen molar-refractivity contribution < 1.29 is 4.79 Å². The first-order valence-electron chi connectivity index (χ1n) is 5.98. The third-order valence-electron chi connectivity index (χ3n) is 5.03. The lowest BCUT2D eigenvalue weighted by Crippen LogP contribution is -2.45. The summed E-state index contributed by atoms with van der Waals surface area (Å²) in [6.07, 6.45) is 14.0. The Morgan fingerprint density at radius 1 is 1.00 bits per heavy atom. The summed E-state index contributed by atoms with van der Waals surface area (Å²) >= 11 is 0. The number of carbonyl (C=O) groups is 1. The van der Waals surface area contributed by atoms with Gasteiger partial charge in [0.25, 0.3) is 0 Å². The Morgan fingerprint density at radius 2 is 1.79 bits per heavy atom. The molecule has 2 atom stereocenters. The molecule has 0 amide bonds. The van der Waals surface area contributed by atoms with Crippen LogP contribution >= 0.6 is 0 Å². The molecule has 0 N–H and O–H groups in total. The van der Waals surface area contributed by atoms with Crippen molar-refractivity contribution in [3.05, 3.63) is 12.2 Å². The number of allylic oxidation sites excluding steroid dienone is 2. The fourth-order valence-corrected chi connectivity index (χ4v) is 4.21. The minimum atomic E-state index is 0.0972. The number of hydrogen-bond acceptors (Lipinski definition) is 1. The maximum atomic E-state index is 12.1. The van der Waals surface area contributed by atoms with E-state index in [4.69, 9.17) is 0 Å². The third kappa shape index (κ3) is 0.838. The highest BCUT2D eigenvalue weighted by Crippen LogP contribution is 2.64. The van der Waals surface area contributed by atoms with Crippen molar-refractivity contribution in [1.82, 2.24) is 0 Å². The first-order valence-corrected chi connectivity index (χ1v) is 5.98. The second kappa shape index (κ2) is 2.71. The van der Waals surface area contributed by atoms with Gasteiger partial charge in [0.2, 0.25) is 0 Å². The molecule has 2 saturated carbocycles. The lowest BCUT2D eigenvalue weighted by Gasteiger charge is -2.50. The summed E-state index contributed by atoms with van der Waals surface area (Å²) in [5.74, 6) is 0.585. The summed E-state index contributed by atoms with van der Waals surface area (Å²) in [5, 5.41) is 0. The van der Waals surface area contributed by atoms with Crippen LogP contribution in [0.4, 0.5) is 0 Å². The standard InChI is InChI=1S/C13H18O/c14-11-5-10-12-6-1-3-8-13(11,12)9-4-2-7-12/h1,3H,2,4-10H2/t12-,13+/m1/s1. The number of rotatable bonds is 0. The van der Waals surface area contributed by atoms with Crippen LogP contribution in [0.1, 0.15) is 51.4 Å². The highest BCUT2D eigenvalue weighted by Gasteiger charge is 2.59. The minimum absolute atomic E-state index is 0.0972. The van der Waals surface area contributed by atoms with Crippen LogP contribution in [0.2, 0.25) is 0 Å². The fraction of sp³-hybridized carbons (Fsp3) is 0.769. The normalized spacial score (nSPS) is 46.1. The molecule has 1 nitrogen and oxygen atoms in total. The van der Waals surface area contributed by atoms with Gasteiger partial charge in [-0.3, -0.25) is 4.79 Å². The monoisotopic (exact) mass is 190 g/mol. The van der Waals surface area contributed by atoms with E-state index in [0.29, 0.717) is 11.2 Å². The summed E-state index contributed by atoms with van der Waals surface area (Å²) in [6.45, 7) is 0. The van der Waals surface area contributed by atoms with Gasteiger partial charge in [-0.1, -0.05) is 25.0 Å². The molecule has 0 aromatic heterocycles. The topological polar surface area (TPSA) is 17.1 Å². The first-order chi connectivity index (χ1) is 6.79. The molecule has 3 aliphatic carbocycles. The van der Waals surface area contributed by atoms with Gasteiger partial charge in [0.1, 0.15) is 5.78 Å². The van der Waals surface area contributed by atoms with E-state index in [1.807, 2.05) is 0 Å². The second-order valence-electron chi connectivity index (χ2n) is 5.37. The highest BCUT2D eigenvalue weighted by atomic mass is 16.1. The maximum absolute atomic E-state index is 12.1. The predicted molar refractivity (Wildman–Crippen MR) is 55.9 cm³/mol. The average Bonchev–Trinajstić information content (AvgIpc) is 2.54. The van der Waals surface area contributed by atoms with Gasteiger partial charge in [0.15, 0.2) is 0 Å². The molecule has 14 heavy (non-hydrogen) atoms. The molecule has 3 rings (SSSR count). The molecule has 0 spiro atoms. The van der Waals surface area contributed by atoms with Crippen molar-refractivity contribution >= 4 is 5.78 Å². The molecule has 0 bridgehead atoms. The summed E-state index contributed by atoms with van der Waals surface area (Å²) in [6, 6.07) is 0. The van der Waals surface area contributed by atoms with E-state index in [-0.39, 0.29) is 5.41 Å². The quantitative estimate of drug-likeness (QED) is 0.536. The zero-order valence-corrected chi connectivity index (χ0v) is 8.72. The lowest BCUT2D eigenvalue weighted by molar-refractivity contribution is -0.133. The Bertz CT molecular complexity index is 304. The third-order valence-corrected chi connectivity index (χ3v) is 5.03. The Kier molecular flexibility index (Phi) is 1.68. The molecule has 76 valence electrons. The number of hydrogen-bond donors (Lipinski definition) is 0. The molecule has 0 aliphatic heterocycles. The van der Waals surface area contributed by atoms with Crippen LogP contribution in [0.3, 0.4) is 0 Å². The van der Waals surface area contributed by atoms with E-state index < -0.39 is 0 Å². The number of Topliss-reactive ketones (excluding diaryl/α,β-unsaturated/α-hetero) is 1. The van der Waals surface area contributed by atoms with Gasteiger partial charge < -0.3 is 0 Å². The van der Waals surface area contributed by atoms with Crippen LogP contribution in [0, 0.1) is 10.8 Å². The Hall–Kier alpha value is -0.590. The van der Waals surface area contributed by atoms with Crippen LogP contribution in [0.25, 0.3) is 0 Å². The molecule has 2 fully saturated rings. The summed E-state index contributed by atoms with van der Waals surface area (Å²) in [4.78, 5) is 12.1. The van der Waals surface area contributed by atoms with Gasteiger partial charge >= 0.3 is 0 Å². The van der Waals surface area contributed by atoms with Crippen molar-refractivity contribution in [2.45, 2.75) is 51.4 Å². The van der Waals surface area contributed by atoms with Crippen molar-refractivity contribution in [1.29, 1.82) is 0 Å². The van der Waals surface area contributed by atoms with E-state index in [1.54, 1.807) is 0 Å². The van der Waals surface area contributed by atoms with E-state index >= 15 is 0 Å². The predicted octanol–water partition coefficient (Wildman–Crippen LogP) is 3.25. The molecule has 3 aliphatic rings. The molecule has 0 heterocycles. The van der Waals surface area contributed by atoms with Crippen LogP contribution in [-0.4, -0.2) is 5.78 Å². The van der Waals surface area contributed by atoms with Gasteiger partial charge in [-0.25, -0.2) is 0 Å². The zero-order chi connectivity index (χ0) is 9.65. The summed E-state index contributed by atoms with van der Waals surface area (Å²) in [7, 11) is 0. The van der Waals surface area contributed by atoms with Gasteiger partial charge in [-0.2, -0.15) is 0 Å². The van der Waals surface area contributed by atoms with Gasteiger partial charge in [0, 0.05) is 11.8 Å². The minimum Gasteiger partial charge on any atom is -0.299 e. The Morgan fingerprint density at radius 3 is 2.64 bits per heavy atom. The zero-order valence-electron chi connectivity index (χ0n) is 8.72.